The van der Waals surface area contributed by atoms with E-state index in [1.165, 1.54) is 41.4 Å². The molecule has 0 fully saturated rings. The first-order valence-electron chi connectivity index (χ1n) is 13.4. The third kappa shape index (κ3) is 4.47. The van der Waals surface area contributed by atoms with Gasteiger partial charge >= 0.3 is 0 Å². The highest BCUT2D eigenvalue weighted by Crippen LogP contribution is 2.51. The molecular weight excluding hydrogens is 481 g/mol. The average Bonchev–Trinajstić information content (AvgIpc) is 3.48. The Balaban J connectivity index is 1.65. The van der Waals surface area contributed by atoms with Gasteiger partial charge in [0.25, 0.3) is 0 Å². The van der Waals surface area contributed by atoms with E-state index in [4.69, 9.17) is 0 Å². The van der Waals surface area contributed by atoms with Crippen LogP contribution in [0.25, 0.3) is 29.9 Å². The number of hydrogen-bond acceptors (Lipinski definition) is 3. The molecule has 0 nitrogen and oxygen atoms in total. The molecule has 0 amide bonds. The van der Waals surface area contributed by atoms with Gasteiger partial charge < -0.3 is 0 Å². The second-order valence-corrected chi connectivity index (χ2v) is 14.9. The zero-order valence-corrected chi connectivity index (χ0v) is 25.0. The summed E-state index contributed by atoms with van der Waals surface area (Å²) in [6.45, 7) is 19.0. The highest BCUT2D eigenvalue weighted by Gasteiger charge is 2.29. The lowest BCUT2D eigenvalue weighted by atomic mass is 9.77. The van der Waals surface area contributed by atoms with Crippen LogP contribution in [0.3, 0.4) is 0 Å². The van der Waals surface area contributed by atoms with E-state index in [0.29, 0.717) is 35.5 Å². The Kier molecular flexibility index (Phi) is 7.07. The standard InChI is InChI=1S/C32H40S3/c1-17(2)21-11-9-12-22(18(3)4)29(21)25-15-27-31(34-25)32-28(33-27)16-26(35-32)30-23(19(5)6)13-10-14-24(30)20(7)8/h9-11,13,15-20,22,24H,12,14H2,1-8H3. The van der Waals surface area contributed by atoms with Crippen LogP contribution in [-0.2, 0) is 0 Å². The molecule has 0 aromatic carbocycles. The van der Waals surface area contributed by atoms with Gasteiger partial charge in [-0.2, -0.15) is 0 Å². The van der Waals surface area contributed by atoms with Crippen LogP contribution in [0.1, 0.15) is 78.0 Å². The summed E-state index contributed by atoms with van der Waals surface area (Å²) < 4.78 is 5.99. The van der Waals surface area contributed by atoms with Gasteiger partial charge in [0.15, 0.2) is 0 Å². The molecule has 2 unspecified atom stereocenters. The van der Waals surface area contributed by atoms with Crippen molar-refractivity contribution in [3.05, 3.63) is 57.3 Å². The Morgan fingerprint density at radius 2 is 1.00 bits per heavy atom. The second kappa shape index (κ2) is 9.80. The van der Waals surface area contributed by atoms with Crippen molar-refractivity contribution in [2.75, 3.05) is 0 Å². The molecule has 0 saturated heterocycles. The summed E-state index contributed by atoms with van der Waals surface area (Å²) in [5.74, 6) is 3.69. The predicted molar refractivity (Wildman–Crippen MR) is 163 cm³/mol. The van der Waals surface area contributed by atoms with Crippen LogP contribution in [-0.4, -0.2) is 0 Å². The van der Waals surface area contributed by atoms with Gasteiger partial charge in [0.2, 0.25) is 0 Å². The molecule has 3 heteroatoms. The summed E-state index contributed by atoms with van der Waals surface area (Å²) in [5, 5.41) is 0. The number of allylic oxidation sites excluding steroid dienone is 8. The highest BCUT2D eigenvalue weighted by molar-refractivity contribution is 7.39. The highest BCUT2D eigenvalue weighted by atomic mass is 32.1. The maximum atomic E-state index is 2.52. The second-order valence-electron chi connectivity index (χ2n) is 11.7. The molecule has 0 radical (unpaired) electrons. The maximum Gasteiger partial charge on any atom is 0.0636 e. The molecule has 0 bridgehead atoms. The molecule has 3 aromatic rings. The minimum atomic E-state index is 0.560. The van der Waals surface area contributed by atoms with Crippen molar-refractivity contribution in [3.63, 3.8) is 0 Å². The van der Waals surface area contributed by atoms with Crippen molar-refractivity contribution >= 4 is 64.0 Å². The first-order chi connectivity index (χ1) is 16.7. The average molecular weight is 521 g/mol. The van der Waals surface area contributed by atoms with Gasteiger partial charge in [0, 0.05) is 19.2 Å². The minimum Gasteiger partial charge on any atom is -0.133 e. The summed E-state index contributed by atoms with van der Waals surface area (Å²) >= 11 is 6.12. The molecule has 3 heterocycles. The summed E-state index contributed by atoms with van der Waals surface area (Å²) in [6.07, 6.45) is 12.0. The first kappa shape index (κ1) is 25.2. The summed E-state index contributed by atoms with van der Waals surface area (Å²) in [6, 6.07) is 5.03. The van der Waals surface area contributed by atoms with Crippen LogP contribution < -0.4 is 0 Å². The quantitative estimate of drug-likeness (QED) is 0.303. The van der Waals surface area contributed by atoms with Gasteiger partial charge in [-0.3, -0.25) is 0 Å². The van der Waals surface area contributed by atoms with Crippen molar-refractivity contribution in [1.82, 2.24) is 0 Å². The van der Waals surface area contributed by atoms with Gasteiger partial charge in [-0.1, -0.05) is 79.7 Å². The molecular formula is C32H40S3. The molecule has 186 valence electrons. The molecule has 0 N–H and O–H groups in total. The van der Waals surface area contributed by atoms with Crippen LogP contribution in [0.4, 0.5) is 0 Å². The van der Waals surface area contributed by atoms with E-state index in [1.54, 1.807) is 22.3 Å². The van der Waals surface area contributed by atoms with Crippen molar-refractivity contribution in [1.29, 1.82) is 0 Å². The fraction of sp³-hybridized carbons (Fsp3) is 0.500. The Morgan fingerprint density at radius 3 is 1.34 bits per heavy atom. The first-order valence-corrected chi connectivity index (χ1v) is 15.9. The molecule has 0 saturated carbocycles. The Morgan fingerprint density at radius 1 is 0.600 bits per heavy atom. The largest absolute Gasteiger partial charge is 0.133 e. The Hall–Kier alpha value is -1.42. The van der Waals surface area contributed by atoms with Crippen molar-refractivity contribution < 1.29 is 0 Å². The monoisotopic (exact) mass is 520 g/mol. The lowest BCUT2D eigenvalue weighted by molar-refractivity contribution is 0.477. The SMILES string of the molecule is CC(C)C1=C(c2cc3sc4cc(C5=C(C(C)C)C=CCC5C(C)C)sc4c3s2)C(C(C)C)CC=C1. The Bertz CT molecular complexity index is 1250. The molecule has 2 aliphatic carbocycles. The van der Waals surface area contributed by atoms with E-state index in [2.05, 4.69) is 115 Å². The van der Waals surface area contributed by atoms with E-state index in [1.807, 2.05) is 11.3 Å². The van der Waals surface area contributed by atoms with Crippen molar-refractivity contribution in [2.24, 2.45) is 35.5 Å². The van der Waals surface area contributed by atoms with Crippen LogP contribution in [0, 0.1) is 35.5 Å². The van der Waals surface area contributed by atoms with Gasteiger partial charge in [-0.25, -0.2) is 0 Å². The third-order valence-electron chi connectivity index (χ3n) is 7.94. The van der Waals surface area contributed by atoms with Crippen molar-refractivity contribution in [2.45, 2.75) is 68.2 Å². The van der Waals surface area contributed by atoms with E-state index in [9.17, 15) is 0 Å². The lowest BCUT2D eigenvalue weighted by Gasteiger charge is -2.29. The summed E-state index contributed by atoms with van der Waals surface area (Å²) in [7, 11) is 0. The number of rotatable bonds is 6. The molecule has 2 aliphatic rings. The van der Waals surface area contributed by atoms with Crippen LogP contribution in [0.15, 0.2) is 47.6 Å². The zero-order chi connectivity index (χ0) is 25.0. The molecule has 3 aromatic heterocycles. The normalized spacial score (nSPS) is 21.5. The van der Waals surface area contributed by atoms with Crippen LogP contribution in [0.2, 0.25) is 0 Å². The predicted octanol–water partition coefficient (Wildman–Crippen LogP) is 11.5. The van der Waals surface area contributed by atoms with Gasteiger partial charge in [0.1, 0.15) is 0 Å². The fourth-order valence-corrected chi connectivity index (χ4v) is 10.3. The van der Waals surface area contributed by atoms with Gasteiger partial charge in [0.05, 0.1) is 9.40 Å². The number of thiophene rings is 3. The number of fused-ring (bicyclic) bond motifs is 3. The zero-order valence-electron chi connectivity index (χ0n) is 22.6. The van der Waals surface area contributed by atoms with E-state index < -0.39 is 0 Å². The fourth-order valence-electron chi connectivity index (χ4n) is 6.00. The molecule has 0 spiro atoms. The van der Waals surface area contributed by atoms with Gasteiger partial charge in [-0.15, -0.1) is 34.0 Å². The molecule has 5 rings (SSSR count). The lowest BCUT2D eigenvalue weighted by Crippen LogP contribution is -2.15. The van der Waals surface area contributed by atoms with E-state index in [-0.39, 0.29) is 0 Å². The smallest absolute Gasteiger partial charge is 0.0636 e. The Labute approximate surface area is 224 Å². The van der Waals surface area contributed by atoms with Crippen LogP contribution in [0.5, 0.6) is 0 Å². The number of hydrogen-bond donors (Lipinski definition) is 0. The topological polar surface area (TPSA) is 0 Å². The molecule has 0 aliphatic heterocycles. The van der Waals surface area contributed by atoms with Crippen molar-refractivity contribution in [3.8, 4) is 0 Å². The van der Waals surface area contributed by atoms with E-state index >= 15 is 0 Å². The molecule has 35 heavy (non-hydrogen) atoms. The van der Waals surface area contributed by atoms with Crippen LogP contribution >= 0.6 is 34.0 Å². The summed E-state index contributed by atoms with van der Waals surface area (Å²) in [4.78, 5) is 3.02. The van der Waals surface area contributed by atoms with Gasteiger partial charge in [-0.05, 0) is 82.8 Å². The summed E-state index contributed by atoms with van der Waals surface area (Å²) in [5.41, 5.74) is 6.34. The minimum absolute atomic E-state index is 0.560. The third-order valence-corrected chi connectivity index (χ3v) is 11.8. The van der Waals surface area contributed by atoms with E-state index in [0.717, 1.165) is 0 Å². The molecule has 2 atom stereocenters. The maximum absolute atomic E-state index is 2.52.